The Morgan fingerprint density at radius 2 is 2.00 bits per heavy atom. The summed E-state index contributed by atoms with van der Waals surface area (Å²) in [7, 11) is -3.66. The minimum absolute atomic E-state index is 0. The van der Waals surface area contributed by atoms with Crippen molar-refractivity contribution in [3.63, 3.8) is 0 Å². The van der Waals surface area contributed by atoms with Gasteiger partial charge in [0.2, 0.25) is 15.9 Å². The third-order valence-corrected chi connectivity index (χ3v) is 4.08. The fourth-order valence-electron chi connectivity index (χ4n) is 2.01. The van der Waals surface area contributed by atoms with Gasteiger partial charge in [0.05, 0.1) is 10.8 Å². The van der Waals surface area contributed by atoms with Gasteiger partial charge in [0.25, 0.3) is 0 Å². The predicted molar refractivity (Wildman–Crippen MR) is 77.9 cm³/mol. The molecule has 1 saturated heterocycles. The number of nitrogens with one attached hydrogen (secondary N) is 2. The third kappa shape index (κ3) is 4.45. The number of nitrogens with two attached hydrogens (primary N) is 1. The lowest BCUT2D eigenvalue weighted by atomic mass is 10.1. The number of primary sulfonamides is 1. The number of amides is 1. The maximum atomic E-state index is 11.8. The fourth-order valence-corrected chi connectivity index (χ4v) is 2.52. The zero-order valence-corrected chi connectivity index (χ0v) is 12.5. The lowest BCUT2D eigenvalue weighted by Gasteiger charge is -2.10. The van der Waals surface area contributed by atoms with Gasteiger partial charge in [0.15, 0.2) is 0 Å². The van der Waals surface area contributed by atoms with Crippen molar-refractivity contribution in [3.05, 3.63) is 29.8 Å². The fraction of sp³-hybridized carbons (Fsp3) is 0.417. The molecule has 112 valence electrons. The molecule has 1 aromatic rings. The van der Waals surface area contributed by atoms with Gasteiger partial charge in [0.1, 0.15) is 0 Å². The van der Waals surface area contributed by atoms with Gasteiger partial charge in [-0.15, -0.1) is 12.4 Å². The zero-order valence-electron chi connectivity index (χ0n) is 10.8. The molecule has 1 aliphatic heterocycles. The van der Waals surface area contributed by atoms with Crippen LogP contribution in [0, 0.1) is 5.92 Å². The number of benzene rings is 1. The van der Waals surface area contributed by atoms with Crippen molar-refractivity contribution in [2.75, 3.05) is 13.1 Å². The number of carbonyl (C=O) groups is 1. The summed E-state index contributed by atoms with van der Waals surface area (Å²) in [4.78, 5) is 11.8. The molecule has 0 aromatic heterocycles. The molecule has 2 rings (SSSR count). The van der Waals surface area contributed by atoms with Gasteiger partial charge in [0, 0.05) is 13.1 Å². The highest BCUT2D eigenvalue weighted by molar-refractivity contribution is 7.89. The maximum Gasteiger partial charge on any atom is 0.238 e. The van der Waals surface area contributed by atoms with Crippen LogP contribution in [0.2, 0.25) is 0 Å². The molecular weight excluding hydrogens is 302 g/mol. The second kappa shape index (κ2) is 7.03. The number of carbonyl (C=O) groups excluding carboxylic acids is 1. The van der Waals surface area contributed by atoms with Crippen LogP contribution < -0.4 is 15.8 Å². The van der Waals surface area contributed by atoms with Crippen LogP contribution in [0.15, 0.2) is 29.2 Å². The van der Waals surface area contributed by atoms with E-state index in [4.69, 9.17) is 5.14 Å². The summed E-state index contributed by atoms with van der Waals surface area (Å²) in [5.41, 5.74) is 0.840. The van der Waals surface area contributed by atoms with Crippen molar-refractivity contribution in [2.24, 2.45) is 11.1 Å². The van der Waals surface area contributed by atoms with Gasteiger partial charge in [-0.25, -0.2) is 13.6 Å². The molecule has 4 N–H and O–H groups in total. The normalized spacial score (nSPS) is 18.4. The third-order valence-electron chi connectivity index (χ3n) is 3.15. The number of rotatable bonds is 4. The minimum atomic E-state index is -3.66. The Kier molecular flexibility index (Phi) is 5.94. The molecule has 1 atom stereocenters. The van der Waals surface area contributed by atoms with E-state index in [-0.39, 0.29) is 29.1 Å². The molecule has 1 aromatic carbocycles. The van der Waals surface area contributed by atoms with Gasteiger partial charge in [-0.3, -0.25) is 4.79 Å². The van der Waals surface area contributed by atoms with E-state index in [0.717, 1.165) is 25.1 Å². The Hall–Kier alpha value is -1.15. The van der Waals surface area contributed by atoms with E-state index in [2.05, 4.69) is 10.6 Å². The van der Waals surface area contributed by atoms with E-state index in [1.54, 1.807) is 12.1 Å². The summed E-state index contributed by atoms with van der Waals surface area (Å²) in [5.74, 6) is 0.0595. The average Bonchev–Trinajstić information content (AvgIpc) is 2.89. The topological polar surface area (TPSA) is 101 Å². The number of hydrogen-bond acceptors (Lipinski definition) is 4. The lowest BCUT2D eigenvalue weighted by molar-refractivity contribution is -0.124. The Labute approximate surface area is 124 Å². The van der Waals surface area contributed by atoms with E-state index in [9.17, 15) is 13.2 Å². The van der Waals surface area contributed by atoms with Crippen molar-refractivity contribution >= 4 is 28.3 Å². The van der Waals surface area contributed by atoms with Gasteiger partial charge >= 0.3 is 0 Å². The smallest absolute Gasteiger partial charge is 0.238 e. The van der Waals surface area contributed by atoms with Crippen LogP contribution in [0.4, 0.5) is 0 Å². The number of halogens is 1. The summed E-state index contributed by atoms with van der Waals surface area (Å²) >= 11 is 0. The van der Waals surface area contributed by atoms with Crippen molar-refractivity contribution in [2.45, 2.75) is 17.9 Å². The van der Waals surface area contributed by atoms with E-state index in [0.29, 0.717) is 6.54 Å². The quantitative estimate of drug-likeness (QED) is 0.726. The van der Waals surface area contributed by atoms with E-state index in [1.807, 2.05) is 0 Å². The largest absolute Gasteiger partial charge is 0.352 e. The Morgan fingerprint density at radius 1 is 1.35 bits per heavy atom. The van der Waals surface area contributed by atoms with Gasteiger partial charge in [-0.05, 0) is 30.7 Å². The Bertz CT molecular complexity index is 554. The molecule has 1 amide bonds. The van der Waals surface area contributed by atoms with Gasteiger partial charge in [-0.1, -0.05) is 12.1 Å². The molecule has 0 bridgehead atoms. The summed E-state index contributed by atoms with van der Waals surface area (Å²) in [6.45, 7) is 1.98. The molecule has 8 heteroatoms. The Balaban J connectivity index is 0.00000200. The molecule has 1 aliphatic rings. The molecule has 6 nitrogen and oxygen atoms in total. The minimum Gasteiger partial charge on any atom is -0.352 e. The first-order valence-electron chi connectivity index (χ1n) is 6.07. The first-order valence-corrected chi connectivity index (χ1v) is 7.61. The van der Waals surface area contributed by atoms with Gasteiger partial charge < -0.3 is 10.6 Å². The van der Waals surface area contributed by atoms with E-state index < -0.39 is 10.0 Å². The van der Waals surface area contributed by atoms with Crippen LogP contribution in [-0.4, -0.2) is 27.4 Å². The molecule has 0 radical (unpaired) electrons. The second-order valence-electron chi connectivity index (χ2n) is 4.60. The summed E-state index contributed by atoms with van der Waals surface area (Å²) < 4.78 is 22.2. The Morgan fingerprint density at radius 3 is 2.50 bits per heavy atom. The molecule has 1 heterocycles. The highest BCUT2D eigenvalue weighted by Gasteiger charge is 2.21. The molecule has 0 aliphatic carbocycles. The molecule has 1 fully saturated rings. The molecule has 0 saturated carbocycles. The van der Waals surface area contributed by atoms with Crippen LogP contribution in [0.5, 0.6) is 0 Å². The summed E-state index contributed by atoms with van der Waals surface area (Å²) in [6.07, 6.45) is 0.857. The second-order valence-corrected chi connectivity index (χ2v) is 6.16. The monoisotopic (exact) mass is 319 g/mol. The summed E-state index contributed by atoms with van der Waals surface area (Å²) in [5, 5.41) is 11.0. The highest BCUT2D eigenvalue weighted by atomic mass is 35.5. The van der Waals surface area contributed by atoms with E-state index >= 15 is 0 Å². The standard InChI is InChI=1S/C12H17N3O3S.ClH/c13-19(17,18)11-3-1-9(2-4-11)7-15-12(16)10-5-6-14-8-10;/h1-4,10,14H,5-8H2,(H,15,16)(H2,13,17,18);1H. The predicted octanol–water partition coefficient (Wildman–Crippen LogP) is -0.0185. The first-order chi connectivity index (χ1) is 8.97. The molecule has 0 spiro atoms. The number of hydrogen-bond donors (Lipinski definition) is 3. The van der Waals surface area contributed by atoms with Crippen LogP contribution >= 0.6 is 12.4 Å². The van der Waals surface area contributed by atoms with E-state index in [1.165, 1.54) is 12.1 Å². The maximum absolute atomic E-state index is 11.8. The van der Waals surface area contributed by atoms with Crippen LogP contribution in [0.3, 0.4) is 0 Å². The van der Waals surface area contributed by atoms with Crippen molar-refractivity contribution in [3.8, 4) is 0 Å². The van der Waals surface area contributed by atoms with Crippen molar-refractivity contribution < 1.29 is 13.2 Å². The summed E-state index contributed by atoms with van der Waals surface area (Å²) in [6, 6.07) is 6.17. The highest BCUT2D eigenvalue weighted by Crippen LogP contribution is 2.10. The van der Waals surface area contributed by atoms with Crippen molar-refractivity contribution in [1.29, 1.82) is 0 Å². The van der Waals surface area contributed by atoms with Crippen LogP contribution in [0.1, 0.15) is 12.0 Å². The van der Waals surface area contributed by atoms with Crippen molar-refractivity contribution in [1.82, 2.24) is 10.6 Å². The van der Waals surface area contributed by atoms with Crippen LogP contribution in [0.25, 0.3) is 0 Å². The average molecular weight is 320 g/mol. The lowest BCUT2D eigenvalue weighted by Crippen LogP contribution is -2.31. The SMILES string of the molecule is Cl.NS(=O)(=O)c1ccc(CNC(=O)C2CCNC2)cc1. The molecule has 20 heavy (non-hydrogen) atoms. The zero-order chi connectivity index (χ0) is 13.9. The molecular formula is C12H18ClN3O3S. The molecule has 1 unspecified atom stereocenters. The van der Waals surface area contributed by atoms with Crippen LogP contribution in [-0.2, 0) is 21.4 Å². The first kappa shape index (κ1) is 16.9. The number of sulfonamides is 1. The van der Waals surface area contributed by atoms with Gasteiger partial charge in [-0.2, -0.15) is 0 Å².